The van der Waals surface area contributed by atoms with Crippen molar-refractivity contribution in [3.05, 3.63) is 57.8 Å². The van der Waals surface area contributed by atoms with Gasteiger partial charge in [-0.2, -0.15) is 0 Å². The molecule has 46 heavy (non-hydrogen) atoms. The Morgan fingerprint density at radius 1 is 0.826 bits per heavy atom. The third kappa shape index (κ3) is 6.30. The van der Waals surface area contributed by atoms with E-state index >= 15 is 0 Å². The van der Waals surface area contributed by atoms with Crippen molar-refractivity contribution >= 4 is 11.0 Å². The molecule has 10 atom stereocenters. The summed E-state index contributed by atoms with van der Waals surface area (Å²) in [5.74, 6) is -1.67. The average Bonchev–Trinajstić information content (AvgIpc) is 3.00. The van der Waals surface area contributed by atoms with Gasteiger partial charge in [0.15, 0.2) is 12.1 Å². The van der Waals surface area contributed by atoms with Gasteiger partial charge >= 0.3 is 0 Å². The zero-order chi connectivity index (χ0) is 33.6. The number of benzene rings is 2. The maximum atomic E-state index is 14.0. The predicted octanol–water partition coefficient (Wildman–Crippen LogP) is 1.14. The van der Waals surface area contributed by atoms with Gasteiger partial charge in [0.1, 0.15) is 64.8 Å². The first-order chi connectivity index (χ1) is 21.7. The molecule has 2 aromatic carbocycles. The first kappa shape index (κ1) is 33.6. The number of hydrogen-bond acceptors (Lipinski definition) is 14. The van der Waals surface area contributed by atoms with Crippen molar-refractivity contribution in [2.75, 3.05) is 0 Å². The summed E-state index contributed by atoms with van der Waals surface area (Å²) in [5.41, 5.74) is 0.399. The molecule has 0 aliphatic carbocycles. The van der Waals surface area contributed by atoms with E-state index in [0.717, 1.165) is 11.6 Å². The third-order valence-corrected chi connectivity index (χ3v) is 8.14. The van der Waals surface area contributed by atoms with Crippen LogP contribution in [0.2, 0.25) is 0 Å². The number of rotatable bonds is 7. The lowest BCUT2D eigenvalue weighted by molar-refractivity contribution is -0.345. The first-order valence-corrected chi connectivity index (χ1v) is 14.7. The fraction of sp³-hybridized carbons (Fsp3) is 0.469. The van der Waals surface area contributed by atoms with Gasteiger partial charge in [-0.25, -0.2) is 0 Å². The number of aliphatic hydroxyl groups is 5. The third-order valence-electron chi connectivity index (χ3n) is 8.14. The lowest BCUT2D eigenvalue weighted by Gasteiger charge is -2.45. The Balaban J connectivity index is 1.53. The highest BCUT2D eigenvalue weighted by Crippen LogP contribution is 2.40. The van der Waals surface area contributed by atoms with Gasteiger partial charge in [-0.05, 0) is 58.4 Å². The van der Waals surface area contributed by atoms with E-state index in [9.17, 15) is 45.6 Å². The molecule has 14 heteroatoms. The minimum absolute atomic E-state index is 0.0774. The molecule has 0 spiro atoms. The molecule has 2 aliphatic rings. The number of phenols is 3. The molecule has 0 radical (unpaired) electrons. The molecular weight excluding hydrogens is 608 g/mol. The van der Waals surface area contributed by atoms with Crippen LogP contribution in [0.25, 0.3) is 22.3 Å². The van der Waals surface area contributed by atoms with E-state index in [0.29, 0.717) is 0 Å². The average molecular weight is 647 g/mol. The standard InChI is InChI=1S/C32H38O14/c1-12(2)5-10-17-18(34)11-19(35)20-22(37)30(28(44-29(17)20)15-6-8-16(33)9-7-15)46-32-26(41)24(39)27(14(4)43-32)45-31-25(40)23(38)21(36)13(3)42-31/h5-9,11,13-14,21,23-27,31-36,38-41H,10H2,1-4H3/t13-,14-,21-,23+,24-,25+,26+,27-,31-,32-/m0/s1. The van der Waals surface area contributed by atoms with Crippen LogP contribution < -0.4 is 10.2 Å². The molecule has 2 aliphatic heterocycles. The fourth-order valence-corrected chi connectivity index (χ4v) is 5.47. The van der Waals surface area contributed by atoms with Crippen LogP contribution in [0.3, 0.4) is 0 Å². The van der Waals surface area contributed by atoms with Gasteiger partial charge in [0.25, 0.3) is 0 Å². The fourth-order valence-electron chi connectivity index (χ4n) is 5.47. The van der Waals surface area contributed by atoms with E-state index in [2.05, 4.69) is 0 Å². The van der Waals surface area contributed by atoms with Gasteiger partial charge in [-0.15, -0.1) is 0 Å². The maximum Gasteiger partial charge on any atom is 0.239 e. The van der Waals surface area contributed by atoms with Crippen LogP contribution in [-0.2, 0) is 20.6 Å². The van der Waals surface area contributed by atoms with Crippen LogP contribution in [0.15, 0.2) is 51.2 Å². The van der Waals surface area contributed by atoms with Crippen molar-refractivity contribution in [1.82, 2.24) is 0 Å². The molecule has 0 bridgehead atoms. The Morgan fingerprint density at radius 2 is 1.46 bits per heavy atom. The number of phenolic OH excluding ortho intramolecular Hbond substituents is 3. The van der Waals surface area contributed by atoms with Crippen LogP contribution in [0, 0.1) is 0 Å². The van der Waals surface area contributed by atoms with Crippen molar-refractivity contribution < 1.29 is 64.2 Å². The van der Waals surface area contributed by atoms with Gasteiger partial charge in [0, 0.05) is 17.2 Å². The maximum absolute atomic E-state index is 14.0. The second kappa shape index (κ2) is 13.2. The van der Waals surface area contributed by atoms with E-state index in [1.54, 1.807) is 6.08 Å². The van der Waals surface area contributed by atoms with Crippen LogP contribution >= 0.6 is 0 Å². The van der Waals surface area contributed by atoms with Gasteiger partial charge in [0.2, 0.25) is 17.5 Å². The summed E-state index contributed by atoms with van der Waals surface area (Å²) >= 11 is 0. The van der Waals surface area contributed by atoms with E-state index in [4.69, 9.17) is 23.4 Å². The summed E-state index contributed by atoms with van der Waals surface area (Å²) in [6, 6.07) is 6.56. The SMILES string of the molecule is CC(C)=CCc1c(O)cc(O)c2c(=O)c(O[C@@H]3O[C@@H](C)[C@H](O[C@@H]4O[C@@H](C)[C@H](O)[C@@H](O)[C@H]4O)[C@@H](O)[C@H]3O)c(-c3ccc(O)cc3)oc12. The topological polar surface area (TPSA) is 229 Å². The Kier molecular flexibility index (Phi) is 9.63. The largest absolute Gasteiger partial charge is 0.508 e. The van der Waals surface area contributed by atoms with E-state index in [1.807, 2.05) is 13.8 Å². The second-order valence-electron chi connectivity index (χ2n) is 11.8. The molecule has 0 unspecified atom stereocenters. The number of fused-ring (bicyclic) bond motifs is 1. The number of aromatic hydroxyl groups is 3. The number of hydrogen-bond donors (Lipinski definition) is 8. The highest BCUT2D eigenvalue weighted by atomic mass is 16.7. The summed E-state index contributed by atoms with van der Waals surface area (Å²) in [5, 5.41) is 83.5. The monoisotopic (exact) mass is 646 g/mol. The summed E-state index contributed by atoms with van der Waals surface area (Å²) in [7, 11) is 0. The molecule has 0 saturated carbocycles. The molecule has 8 N–H and O–H groups in total. The molecule has 14 nitrogen and oxygen atoms in total. The second-order valence-corrected chi connectivity index (χ2v) is 11.8. The quantitative estimate of drug-likeness (QED) is 0.168. The highest BCUT2D eigenvalue weighted by Gasteiger charge is 2.50. The summed E-state index contributed by atoms with van der Waals surface area (Å²) in [6.45, 7) is 6.62. The van der Waals surface area contributed by atoms with E-state index in [-0.39, 0.29) is 45.8 Å². The molecule has 3 aromatic rings. The minimum atomic E-state index is -1.85. The van der Waals surface area contributed by atoms with Crippen LogP contribution in [-0.4, -0.2) is 102 Å². The van der Waals surface area contributed by atoms with Crippen molar-refractivity contribution in [2.45, 2.75) is 95.5 Å². The highest BCUT2D eigenvalue weighted by molar-refractivity contribution is 5.91. The van der Waals surface area contributed by atoms with E-state index in [1.165, 1.54) is 38.1 Å². The molecule has 2 fully saturated rings. The molecule has 0 amide bonds. The molecule has 1 aromatic heterocycles. The van der Waals surface area contributed by atoms with Crippen LogP contribution in [0.5, 0.6) is 23.0 Å². The summed E-state index contributed by atoms with van der Waals surface area (Å²) in [6.07, 6.45) is -12.8. The predicted molar refractivity (Wildman–Crippen MR) is 160 cm³/mol. The molecular formula is C32H38O14. The molecule has 2 saturated heterocycles. The molecule has 250 valence electrons. The zero-order valence-corrected chi connectivity index (χ0v) is 25.5. The summed E-state index contributed by atoms with van der Waals surface area (Å²) < 4.78 is 29.0. The van der Waals surface area contributed by atoms with Crippen LogP contribution in [0.1, 0.15) is 33.3 Å². The Morgan fingerprint density at radius 3 is 2.11 bits per heavy atom. The molecule has 5 rings (SSSR count). The lowest BCUT2D eigenvalue weighted by Crippen LogP contribution is -2.63. The first-order valence-electron chi connectivity index (χ1n) is 14.7. The molecule has 3 heterocycles. The Labute approximate surface area is 262 Å². The van der Waals surface area contributed by atoms with Gasteiger partial charge in [-0.3, -0.25) is 4.79 Å². The van der Waals surface area contributed by atoms with Gasteiger partial charge < -0.3 is 64.2 Å². The minimum Gasteiger partial charge on any atom is -0.508 e. The smallest absolute Gasteiger partial charge is 0.239 e. The Bertz CT molecular complexity index is 1650. The number of ether oxygens (including phenoxy) is 4. The van der Waals surface area contributed by atoms with Crippen molar-refractivity contribution in [1.29, 1.82) is 0 Å². The van der Waals surface area contributed by atoms with Crippen molar-refractivity contribution in [3.8, 4) is 34.3 Å². The van der Waals surface area contributed by atoms with Gasteiger partial charge in [0.05, 0.1) is 12.2 Å². The Hall–Kier alpha value is -3.73. The van der Waals surface area contributed by atoms with Crippen LogP contribution in [0.4, 0.5) is 0 Å². The van der Waals surface area contributed by atoms with Crippen molar-refractivity contribution in [3.63, 3.8) is 0 Å². The normalized spacial score (nSPS) is 31.5. The number of allylic oxidation sites excluding steroid dienone is 2. The summed E-state index contributed by atoms with van der Waals surface area (Å²) in [4.78, 5) is 14.0. The zero-order valence-electron chi connectivity index (χ0n) is 25.5. The van der Waals surface area contributed by atoms with E-state index < -0.39 is 78.3 Å². The number of aliphatic hydroxyl groups excluding tert-OH is 5. The van der Waals surface area contributed by atoms with Gasteiger partial charge in [-0.1, -0.05) is 11.6 Å². The lowest BCUT2D eigenvalue weighted by atomic mass is 9.97. The van der Waals surface area contributed by atoms with Crippen molar-refractivity contribution in [2.24, 2.45) is 0 Å².